The van der Waals surface area contributed by atoms with E-state index in [4.69, 9.17) is 0 Å². The van der Waals surface area contributed by atoms with Gasteiger partial charge in [-0.05, 0) is 157 Å². The van der Waals surface area contributed by atoms with Gasteiger partial charge in [0.05, 0.1) is 5.41 Å². The Morgan fingerprint density at radius 2 is 1.45 bits per heavy atom. The summed E-state index contributed by atoms with van der Waals surface area (Å²) in [7, 11) is 0. The molecule has 3 fully saturated rings. The summed E-state index contributed by atoms with van der Waals surface area (Å²) >= 11 is 0. The summed E-state index contributed by atoms with van der Waals surface area (Å²) in [5.41, 5.74) is 10.3. The van der Waals surface area contributed by atoms with Gasteiger partial charge in [-0.25, -0.2) is 17.6 Å². The molecule has 0 spiro atoms. The maximum atomic E-state index is 15.1. The molecule has 2 amide bonds. The number of amides is 2. The quantitative estimate of drug-likeness (QED) is 0.166. The molecule has 2 N–H and O–H groups in total. The number of anilines is 4. The van der Waals surface area contributed by atoms with Crippen LogP contribution in [0.5, 0.6) is 0 Å². The number of aryl methyl sites for hydroxylation is 3. The fourth-order valence-corrected chi connectivity index (χ4v) is 11.0. The van der Waals surface area contributed by atoms with Gasteiger partial charge in [0.1, 0.15) is 11.6 Å². The first-order valence-corrected chi connectivity index (χ1v) is 20.9. The second kappa shape index (κ2) is 14.2. The van der Waals surface area contributed by atoms with Gasteiger partial charge in [0.2, 0.25) is 17.7 Å². The van der Waals surface area contributed by atoms with E-state index < -0.39 is 11.3 Å². The lowest BCUT2D eigenvalue weighted by molar-refractivity contribution is -0.160. The first kappa shape index (κ1) is 38.6. The molecule has 2 heterocycles. The summed E-state index contributed by atoms with van der Waals surface area (Å²) < 4.78 is 57.0. The second-order valence-electron chi connectivity index (χ2n) is 18.6. The molecule has 3 atom stereocenters. The van der Waals surface area contributed by atoms with Crippen LogP contribution < -0.4 is 20.4 Å². The van der Waals surface area contributed by atoms with Crippen LogP contribution in [0.25, 0.3) is 0 Å². The minimum Gasteiger partial charge on any atom is -0.367 e. The van der Waals surface area contributed by atoms with E-state index in [0.717, 1.165) is 87.3 Å². The van der Waals surface area contributed by atoms with Crippen molar-refractivity contribution in [3.05, 3.63) is 117 Å². The predicted molar refractivity (Wildman–Crippen MR) is 221 cm³/mol. The van der Waals surface area contributed by atoms with Gasteiger partial charge >= 0.3 is 0 Å². The largest absolute Gasteiger partial charge is 0.367 e. The normalized spacial score (nSPS) is 23.7. The van der Waals surface area contributed by atoms with Crippen molar-refractivity contribution < 1.29 is 27.2 Å². The number of rotatable bonds is 9. The van der Waals surface area contributed by atoms with E-state index in [0.29, 0.717) is 50.6 Å². The fourth-order valence-electron chi connectivity index (χ4n) is 11.0. The molecule has 4 aromatic rings. The van der Waals surface area contributed by atoms with Crippen molar-refractivity contribution in [2.75, 3.05) is 33.5 Å². The van der Waals surface area contributed by atoms with Crippen LogP contribution in [0.1, 0.15) is 102 Å². The van der Waals surface area contributed by atoms with E-state index in [2.05, 4.69) is 44.7 Å². The maximum Gasteiger partial charge on any atom is 0.249 e. The molecule has 0 aromatic heterocycles. The summed E-state index contributed by atoms with van der Waals surface area (Å²) in [6.07, 6.45) is 4.75. The number of carbonyl (C=O) groups is 2. The van der Waals surface area contributed by atoms with Crippen LogP contribution in [-0.4, -0.2) is 30.8 Å². The van der Waals surface area contributed by atoms with Crippen molar-refractivity contribution in [2.24, 2.45) is 16.7 Å². The van der Waals surface area contributed by atoms with Crippen LogP contribution >= 0.6 is 0 Å². The monoisotopic (exact) mass is 792 g/mol. The number of halogens is 4. The summed E-state index contributed by atoms with van der Waals surface area (Å²) in [4.78, 5) is 31.7. The Balaban J connectivity index is 1.03. The average Bonchev–Trinajstić information content (AvgIpc) is 3.71. The number of carbonyl (C=O) groups excluding carboxylic acids is 2. The maximum absolute atomic E-state index is 15.1. The highest BCUT2D eigenvalue weighted by Gasteiger charge is 2.62. The van der Waals surface area contributed by atoms with Crippen LogP contribution in [-0.2, 0) is 35.5 Å². The van der Waals surface area contributed by atoms with Crippen molar-refractivity contribution in [2.45, 2.75) is 110 Å². The van der Waals surface area contributed by atoms with E-state index >= 15 is 4.39 Å². The number of alkyl halides is 2. The van der Waals surface area contributed by atoms with E-state index in [-0.39, 0.29) is 54.0 Å². The summed E-state index contributed by atoms with van der Waals surface area (Å²) in [6, 6.07) is 18.4. The average molecular weight is 793 g/mol. The predicted octanol–water partition coefficient (Wildman–Crippen LogP) is 10.7. The smallest absolute Gasteiger partial charge is 0.249 e. The molecule has 3 aliphatic carbocycles. The zero-order valence-corrected chi connectivity index (χ0v) is 33.8. The van der Waals surface area contributed by atoms with Gasteiger partial charge in [0, 0.05) is 74.1 Å². The molecular weight excluding hydrogens is 741 g/mol. The number of fused-ring (bicyclic) bond motifs is 3. The minimum atomic E-state index is -2.74. The van der Waals surface area contributed by atoms with E-state index in [1.165, 1.54) is 12.1 Å². The third-order valence-electron chi connectivity index (χ3n) is 14.0. The van der Waals surface area contributed by atoms with Gasteiger partial charge in [-0.1, -0.05) is 25.5 Å². The van der Waals surface area contributed by atoms with Crippen molar-refractivity contribution in [3.63, 3.8) is 0 Å². The first-order valence-electron chi connectivity index (χ1n) is 20.9. The number of hydrogen-bond donors (Lipinski definition) is 2. The molecular formula is C48H52F4N4O2. The van der Waals surface area contributed by atoms with Gasteiger partial charge in [-0.2, -0.15) is 0 Å². The van der Waals surface area contributed by atoms with Gasteiger partial charge in [0.25, 0.3) is 0 Å². The number of nitrogens with one attached hydrogen (secondary N) is 2. The third-order valence-corrected chi connectivity index (χ3v) is 14.0. The van der Waals surface area contributed by atoms with Gasteiger partial charge in [0.15, 0.2) is 0 Å². The van der Waals surface area contributed by atoms with Crippen molar-refractivity contribution >= 4 is 34.6 Å². The number of benzene rings is 4. The van der Waals surface area contributed by atoms with E-state index in [1.54, 1.807) is 19.1 Å². The Morgan fingerprint density at radius 3 is 2.12 bits per heavy atom. The van der Waals surface area contributed by atoms with Gasteiger partial charge < -0.3 is 20.4 Å². The Hall–Kier alpha value is -4.86. The highest BCUT2D eigenvalue weighted by atomic mass is 19.3. The lowest BCUT2D eigenvalue weighted by atomic mass is 9.65. The topological polar surface area (TPSA) is 64.7 Å². The molecule has 58 heavy (non-hydrogen) atoms. The highest BCUT2D eigenvalue weighted by Crippen LogP contribution is 2.64. The van der Waals surface area contributed by atoms with Crippen LogP contribution in [0.15, 0.2) is 60.7 Å². The zero-order valence-electron chi connectivity index (χ0n) is 33.8. The Morgan fingerprint density at radius 1 is 0.793 bits per heavy atom. The molecule has 9 rings (SSSR count). The molecule has 10 heteroatoms. The lowest BCUT2D eigenvalue weighted by Crippen LogP contribution is -2.45. The SMILES string of the molecule is Cc1cc(N2Cc3ccc(F)cc3C(Cc3cc(N4CCc5cc(F)ccc5C4)cc(C)c3NC(=O)CC3(C)CC(F)(F)C3)C2)cc(C)c1NC(=O)C12CCCC1C2. The minimum absolute atomic E-state index is 0.00927. The number of hydrogen-bond acceptors (Lipinski definition) is 4. The lowest BCUT2D eigenvalue weighted by Gasteiger charge is -2.44. The van der Waals surface area contributed by atoms with Crippen molar-refractivity contribution in [1.29, 1.82) is 0 Å². The summed E-state index contributed by atoms with van der Waals surface area (Å²) in [5.74, 6) is -3.10. The molecule has 0 radical (unpaired) electrons. The van der Waals surface area contributed by atoms with Gasteiger partial charge in [-0.3, -0.25) is 9.59 Å². The molecule has 4 aromatic carbocycles. The van der Waals surface area contributed by atoms with Crippen molar-refractivity contribution in [1.82, 2.24) is 0 Å². The fraction of sp³-hybridized carbons (Fsp3) is 0.458. The molecule has 2 aliphatic heterocycles. The zero-order chi connectivity index (χ0) is 40.7. The van der Waals surface area contributed by atoms with Crippen LogP contribution in [0.4, 0.5) is 40.3 Å². The molecule has 3 saturated carbocycles. The first-order chi connectivity index (χ1) is 27.6. The molecule has 3 unspecified atom stereocenters. The Kier molecular flexibility index (Phi) is 9.43. The molecule has 0 bridgehead atoms. The third kappa shape index (κ3) is 7.25. The van der Waals surface area contributed by atoms with E-state index in [9.17, 15) is 22.8 Å². The number of nitrogens with zero attached hydrogens (tertiary/aromatic N) is 2. The van der Waals surface area contributed by atoms with Crippen LogP contribution in [0.2, 0.25) is 0 Å². The summed E-state index contributed by atoms with van der Waals surface area (Å²) in [5, 5.41) is 6.44. The second-order valence-corrected chi connectivity index (χ2v) is 18.6. The molecule has 304 valence electrons. The van der Waals surface area contributed by atoms with Crippen LogP contribution in [0, 0.1) is 49.2 Å². The van der Waals surface area contributed by atoms with E-state index in [1.807, 2.05) is 32.9 Å². The Labute approximate surface area is 338 Å². The summed E-state index contributed by atoms with van der Waals surface area (Å²) in [6.45, 7) is 10.2. The molecule has 5 aliphatic rings. The standard InChI is InChI=1S/C48H52F4N4O2/c1-28-14-39(15-29(2)43(28)54-45(58)47-12-5-6-36(47)21-47)56-24-33-8-10-38(50)20-41(33)35(25-56)17-34-19-40(55-13-11-31-18-37(49)9-7-32(31)23-55)16-30(3)44(34)53-42(57)22-46(4)26-48(51,52)27-46/h7-10,14-16,18-20,35-36H,5-6,11-13,17,21-27H2,1-4H3,(H,53,57)(H,54,58). The van der Waals surface area contributed by atoms with Crippen LogP contribution in [0.3, 0.4) is 0 Å². The highest BCUT2D eigenvalue weighted by molar-refractivity contribution is 5.99. The Bertz CT molecular complexity index is 2310. The van der Waals surface area contributed by atoms with Crippen molar-refractivity contribution in [3.8, 4) is 0 Å². The van der Waals surface area contributed by atoms with Gasteiger partial charge in [-0.15, -0.1) is 0 Å². The molecule has 6 nitrogen and oxygen atoms in total. The molecule has 0 saturated heterocycles.